The first-order chi connectivity index (χ1) is 40.4. The lowest BCUT2D eigenvalue weighted by molar-refractivity contribution is -0.385. The zero-order chi connectivity index (χ0) is 61.7. The summed E-state index contributed by atoms with van der Waals surface area (Å²) in [6.45, 7) is 9.02. The number of non-ortho nitro benzene ring substituents is 2. The number of alkyl carbamates (subject to hydrolysis) is 2. The van der Waals surface area contributed by atoms with Crippen LogP contribution in [0.3, 0.4) is 0 Å². The average Bonchev–Trinajstić information content (AvgIpc) is 3.37. The molecule has 462 valence electrons. The topological polar surface area (TPSA) is 312 Å². The van der Waals surface area contributed by atoms with Crippen LogP contribution in [0.25, 0.3) is 0 Å². The maximum absolute atomic E-state index is 14.1. The van der Waals surface area contributed by atoms with Crippen LogP contribution in [0.4, 0.5) is 21.0 Å². The van der Waals surface area contributed by atoms with Gasteiger partial charge in [0.2, 0.25) is 32.6 Å². The van der Waals surface area contributed by atoms with Gasteiger partial charge in [0.1, 0.15) is 6.10 Å². The number of ether oxygens (including phenoxy) is 4. The molecule has 2 fully saturated rings. The van der Waals surface area contributed by atoms with Crippen LogP contribution in [0.15, 0.2) is 149 Å². The van der Waals surface area contributed by atoms with E-state index in [1.165, 1.54) is 35.2 Å². The number of benzene rings is 5. The summed E-state index contributed by atoms with van der Waals surface area (Å²) in [5.41, 5.74) is 1.88. The first kappa shape index (κ1) is 67.4. The molecule has 2 heterocycles. The Morgan fingerprint density at radius 2 is 1.00 bits per heavy atom. The summed E-state index contributed by atoms with van der Waals surface area (Å²) < 4.78 is 105. The molecular weight excluding hydrogens is 1160 g/mol. The van der Waals surface area contributed by atoms with E-state index < -0.39 is 86.5 Å². The highest BCUT2D eigenvalue weighted by Crippen LogP contribution is 2.47. The Bertz CT molecular complexity index is 3200. The van der Waals surface area contributed by atoms with Gasteiger partial charge in [0.25, 0.3) is 11.4 Å². The Morgan fingerprint density at radius 1 is 0.612 bits per heavy atom. The molecule has 2 amide bonds. The number of nitrogens with zero attached hydrogens (tertiary/aromatic N) is 4. The number of carbonyl (C=O) groups is 2. The molecule has 5 aromatic carbocycles. The lowest BCUT2D eigenvalue weighted by Gasteiger charge is -2.34. The largest absolute Gasteiger partial charge is 0.420 e. The monoisotopic (exact) mass is 1240 g/mol. The van der Waals surface area contributed by atoms with E-state index in [-0.39, 0.29) is 78.6 Å². The summed E-state index contributed by atoms with van der Waals surface area (Å²) in [6, 6.07) is 34.8. The molecular formula is C58H75N6O18PS2. The predicted molar refractivity (Wildman–Crippen MR) is 314 cm³/mol. The molecule has 0 spiro atoms. The van der Waals surface area contributed by atoms with Gasteiger partial charge in [0, 0.05) is 70.0 Å². The predicted octanol–water partition coefficient (Wildman–Crippen LogP) is 9.22. The Hall–Kier alpha value is -6.71. The molecule has 2 aliphatic rings. The highest BCUT2D eigenvalue weighted by molar-refractivity contribution is 7.89. The first-order valence-corrected chi connectivity index (χ1v) is 32.6. The first-order valence-electron chi connectivity index (χ1n) is 27.8. The summed E-state index contributed by atoms with van der Waals surface area (Å²) in [4.78, 5) is 46.4. The third-order valence-corrected chi connectivity index (χ3v) is 18.2. The summed E-state index contributed by atoms with van der Waals surface area (Å²) in [5.74, 6) is -0.240. The van der Waals surface area contributed by atoms with Crippen molar-refractivity contribution in [1.82, 2.24) is 19.2 Å². The van der Waals surface area contributed by atoms with E-state index in [4.69, 9.17) is 28.0 Å². The maximum atomic E-state index is 14.1. The summed E-state index contributed by atoms with van der Waals surface area (Å²) in [5, 5.41) is 38.9. The third-order valence-electron chi connectivity index (χ3n) is 13.3. The van der Waals surface area contributed by atoms with Crippen LogP contribution in [0.5, 0.6) is 0 Å². The number of amides is 2. The van der Waals surface area contributed by atoms with E-state index in [2.05, 4.69) is 10.6 Å². The van der Waals surface area contributed by atoms with E-state index in [0.29, 0.717) is 26.1 Å². The molecule has 0 radical (unpaired) electrons. The van der Waals surface area contributed by atoms with Gasteiger partial charge in [0.05, 0.1) is 57.6 Å². The molecule has 0 aliphatic carbocycles. The van der Waals surface area contributed by atoms with Crippen LogP contribution >= 0.6 is 7.60 Å². The number of carbonyl (C=O) groups excluding carboxylic acids is 2. The number of nitrogens with one attached hydrogen (secondary N) is 2. The van der Waals surface area contributed by atoms with Gasteiger partial charge in [-0.05, 0) is 78.5 Å². The van der Waals surface area contributed by atoms with Gasteiger partial charge in [-0.2, -0.15) is 8.61 Å². The SMILES string of the molecule is CC(C)CN(CC(O)C(Cc1ccccc1)NC(=O)OC1CCCO1)S(=O)(=O)c1ccc([N+](=O)[O-])cc1.CC(C)CN(CC(OP(C)(=O)OCc1ccccc1)C(Cc1ccccc1)NC(=O)OC1CCCO1)S(=O)(=O)c1ccc([N+](=O)[O-])cc1. The summed E-state index contributed by atoms with van der Waals surface area (Å²) in [6.07, 6.45) is -2.43. The van der Waals surface area contributed by atoms with E-state index in [1.807, 2.05) is 107 Å². The van der Waals surface area contributed by atoms with Crippen LogP contribution in [0.2, 0.25) is 0 Å². The summed E-state index contributed by atoms with van der Waals surface area (Å²) in [7, 11) is -12.3. The quantitative estimate of drug-likeness (QED) is 0.0228. The van der Waals surface area contributed by atoms with Crippen molar-refractivity contribution in [3.8, 4) is 0 Å². The van der Waals surface area contributed by atoms with Gasteiger partial charge in [-0.25, -0.2) is 26.4 Å². The molecule has 3 N–H and O–H groups in total. The second kappa shape index (κ2) is 32.1. The molecule has 7 atom stereocenters. The smallest absolute Gasteiger partial charge is 0.409 e. The second-order valence-electron chi connectivity index (χ2n) is 21.3. The van der Waals surface area contributed by atoms with Crippen LogP contribution in [-0.4, -0.2) is 136 Å². The molecule has 24 nitrogen and oxygen atoms in total. The van der Waals surface area contributed by atoms with Crippen LogP contribution in [0.1, 0.15) is 70.1 Å². The second-order valence-corrected chi connectivity index (χ2v) is 27.1. The Balaban J connectivity index is 0.000000282. The van der Waals surface area contributed by atoms with Crippen LogP contribution in [-0.2, 0) is 72.1 Å². The van der Waals surface area contributed by atoms with E-state index in [1.54, 1.807) is 12.1 Å². The fraction of sp³-hybridized carbons (Fsp3) is 0.448. The molecule has 0 bridgehead atoms. The van der Waals surface area contributed by atoms with Gasteiger partial charge < -0.3 is 43.7 Å². The molecule has 2 aliphatic heterocycles. The fourth-order valence-corrected chi connectivity index (χ4v) is 13.5. The van der Waals surface area contributed by atoms with Crippen molar-refractivity contribution in [1.29, 1.82) is 0 Å². The van der Waals surface area contributed by atoms with Crippen molar-refractivity contribution in [2.24, 2.45) is 11.8 Å². The molecule has 7 unspecified atom stereocenters. The molecule has 5 aromatic rings. The van der Waals surface area contributed by atoms with Gasteiger partial charge in [-0.3, -0.25) is 24.8 Å². The lowest BCUT2D eigenvalue weighted by Crippen LogP contribution is -2.52. The minimum atomic E-state index is -4.26. The van der Waals surface area contributed by atoms with Crippen molar-refractivity contribution in [3.63, 3.8) is 0 Å². The molecule has 0 saturated carbocycles. The van der Waals surface area contributed by atoms with Gasteiger partial charge >= 0.3 is 19.8 Å². The number of hydrogen-bond acceptors (Lipinski definition) is 18. The summed E-state index contributed by atoms with van der Waals surface area (Å²) >= 11 is 0. The number of nitro groups is 2. The van der Waals surface area contributed by atoms with E-state index in [9.17, 15) is 56.3 Å². The van der Waals surface area contributed by atoms with Gasteiger partial charge in [-0.1, -0.05) is 119 Å². The van der Waals surface area contributed by atoms with E-state index in [0.717, 1.165) is 58.1 Å². The maximum Gasteiger partial charge on any atom is 0.409 e. The van der Waals surface area contributed by atoms with Gasteiger partial charge in [0.15, 0.2) is 0 Å². The minimum Gasteiger partial charge on any atom is -0.420 e. The van der Waals surface area contributed by atoms with Crippen molar-refractivity contribution < 1.29 is 73.9 Å². The molecule has 7 rings (SSSR count). The molecule has 2 saturated heterocycles. The van der Waals surface area contributed by atoms with Crippen molar-refractivity contribution >= 4 is 51.2 Å². The van der Waals surface area contributed by atoms with E-state index >= 15 is 0 Å². The Morgan fingerprint density at radius 3 is 1.39 bits per heavy atom. The molecule has 85 heavy (non-hydrogen) atoms. The Kier molecular flexibility index (Phi) is 25.5. The molecule has 0 aromatic heterocycles. The zero-order valence-corrected chi connectivity index (χ0v) is 50.6. The van der Waals surface area contributed by atoms with Crippen molar-refractivity contribution in [3.05, 3.63) is 176 Å². The standard InChI is InChI=1S/C33H42N3O10PS.C25H33N3O8S/c1-25(2)22-35(48(41,42)29-18-16-28(17-19-29)36(38)39)23-31(46-47(3,40)44-24-27-13-8-5-9-14-27)30(21-26-11-6-4-7-12-26)34-33(37)45-32-15-10-20-43-32;1-18(2)16-27(37(33,34)21-12-10-20(11-13-21)28(31)32)17-23(29)22(15-19-7-4-3-5-8-19)26-25(30)36-24-9-6-14-35-24/h4-9,11-14,16-19,25,30-32H,10,15,20-24H2,1-3H3,(H,34,37);3-5,7-8,10-13,18,22-24,29H,6,9,14-17H2,1-2H3,(H,26,30). The number of nitro benzene ring substituents is 2. The highest BCUT2D eigenvalue weighted by Gasteiger charge is 2.38. The highest BCUT2D eigenvalue weighted by atomic mass is 32.2. The van der Waals surface area contributed by atoms with Crippen LogP contribution < -0.4 is 10.6 Å². The normalized spacial score (nSPS) is 17.5. The number of aliphatic hydroxyl groups is 1. The third kappa shape index (κ3) is 21.6. The zero-order valence-electron chi connectivity index (χ0n) is 48.0. The number of sulfonamides is 2. The van der Waals surface area contributed by atoms with Crippen molar-refractivity contribution in [2.75, 3.05) is 46.1 Å². The average molecular weight is 1240 g/mol. The lowest BCUT2D eigenvalue weighted by atomic mass is 10.0. The number of rotatable bonds is 29. The van der Waals surface area contributed by atoms with Crippen molar-refractivity contribution in [2.45, 2.75) is 119 Å². The van der Waals surface area contributed by atoms with Gasteiger partial charge in [-0.15, -0.1) is 0 Å². The minimum absolute atomic E-state index is 0.0243. The molecule has 27 heteroatoms. The fourth-order valence-electron chi connectivity index (χ4n) is 9.13. The Labute approximate surface area is 496 Å². The number of aliphatic hydroxyl groups excluding tert-OH is 1. The number of hydrogen-bond donors (Lipinski definition) is 3. The van der Waals surface area contributed by atoms with Crippen LogP contribution in [0, 0.1) is 32.1 Å².